The number of aryl methyl sites for hydroxylation is 1. The summed E-state index contributed by atoms with van der Waals surface area (Å²) in [6, 6.07) is 15.9. The predicted molar refractivity (Wildman–Crippen MR) is 126 cm³/mol. The first-order valence-corrected chi connectivity index (χ1v) is 11.1. The molecule has 2 aromatic carbocycles. The molecule has 0 unspecified atom stereocenters. The zero-order valence-electron chi connectivity index (χ0n) is 18.0. The van der Waals surface area contributed by atoms with Gasteiger partial charge in [0, 0.05) is 23.4 Å². The summed E-state index contributed by atoms with van der Waals surface area (Å²) in [7, 11) is 0. The van der Waals surface area contributed by atoms with Gasteiger partial charge in [0.1, 0.15) is 11.4 Å². The lowest BCUT2D eigenvalue weighted by atomic mass is 10.2. The fourth-order valence-electron chi connectivity index (χ4n) is 2.68. The van der Waals surface area contributed by atoms with Gasteiger partial charge in [-0.2, -0.15) is 4.98 Å². The molecule has 7 nitrogen and oxygen atoms in total. The third kappa shape index (κ3) is 7.58. The zero-order chi connectivity index (χ0) is 22.6. The van der Waals surface area contributed by atoms with Gasteiger partial charge in [0.05, 0.1) is 6.61 Å². The third-order valence-electron chi connectivity index (χ3n) is 4.21. The van der Waals surface area contributed by atoms with Crippen molar-refractivity contribution >= 4 is 35.2 Å². The van der Waals surface area contributed by atoms with Crippen LogP contribution in [0.4, 0.5) is 17.5 Å². The number of rotatable bonds is 7. The number of nitrogens with zero attached hydrogens (tertiary/aromatic N) is 2. The smallest absolute Gasteiger partial charge is 0.343 e. The molecule has 0 spiro atoms. The van der Waals surface area contributed by atoms with Gasteiger partial charge in [-0.3, -0.25) is 0 Å². The molecular weight excluding hydrogens is 412 g/mol. The number of nitrogen functional groups attached to an aromatic ring is 1. The van der Waals surface area contributed by atoms with Gasteiger partial charge in [-0.05, 0) is 55.9 Å². The zero-order valence-corrected chi connectivity index (χ0v) is 18.8. The maximum absolute atomic E-state index is 11.6. The number of carbonyl (C=O) groups is 1. The van der Waals surface area contributed by atoms with Crippen LogP contribution >= 0.6 is 11.8 Å². The van der Waals surface area contributed by atoms with Gasteiger partial charge in [0.25, 0.3) is 0 Å². The second kappa shape index (κ2) is 12.6. The maximum Gasteiger partial charge on any atom is 0.343 e. The minimum atomic E-state index is -0.522. The molecule has 164 valence electrons. The summed E-state index contributed by atoms with van der Waals surface area (Å²) < 4.78 is 4.89. The Kier molecular flexibility index (Phi) is 9.80. The second-order valence-corrected chi connectivity index (χ2v) is 7.33. The fraction of sp³-hybridized carbons (Fsp3) is 0.261. The summed E-state index contributed by atoms with van der Waals surface area (Å²) in [5.41, 5.74) is 9.17. The van der Waals surface area contributed by atoms with Crippen LogP contribution in [0.25, 0.3) is 0 Å². The number of carbonyl (C=O) groups excluding carboxylic acids is 1. The third-order valence-corrected chi connectivity index (χ3v) is 5.11. The lowest BCUT2D eigenvalue weighted by Gasteiger charge is -2.10. The number of aliphatic hydroxyl groups excluding tert-OH is 1. The van der Waals surface area contributed by atoms with Crippen LogP contribution in [0.1, 0.15) is 28.4 Å². The molecule has 0 aliphatic heterocycles. The van der Waals surface area contributed by atoms with Crippen molar-refractivity contribution in [3.8, 4) is 0 Å². The molecule has 0 bridgehead atoms. The molecule has 0 radical (unpaired) electrons. The van der Waals surface area contributed by atoms with Crippen LogP contribution in [0.5, 0.6) is 0 Å². The van der Waals surface area contributed by atoms with Crippen molar-refractivity contribution in [2.75, 3.05) is 30.5 Å². The van der Waals surface area contributed by atoms with E-state index in [1.807, 2.05) is 61.7 Å². The van der Waals surface area contributed by atoms with Crippen LogP contribution in [0.2, 0.25) is 0 Å². The highest BCUT2D eigenvalue weighted by atomic mass is 32.2. The van der Waals surface area contributed by atoms with E-state index in [9.17, 15) is 4.79 Å². The van der Waals surface area contributed by atoms with E-state index < -0.39 is 5.97 Å². The fourth-order valence-corrected chi connectivity index (χ4v) is 3.27. The summed E-state index contributed by atoms with van der Waals surface area (Å²) in [6.07, 6.45) is 4.17. The largest absolute Gasteiger partial charge is 0.462 e. The van der Waals surface area contributed by atoms with Gasteiger partial charge in [-0.15, -0.1) is 11.8 Å². The summed E-state index contributed by atoms with van der Waals surface area (Å²) in [5, 5.41) is 11.6. The van der Waals surface area contributed by atoms with Crippen molar-refractivity contribution in [3.63, 3.8) is 0 Å². The Labute approximate surface area is 187 Å². The molecule has 3 aromatic rings. The number of hydrogen-bond donors (Lipinski definition) is 3. The molecule has 8 heteroatoms. The molecule has 0 aliphatic carbocycles. The standard InChI is InChI=1S/C15H18N4O2S.C8H10O/c1-4-21-14(20)11-8-17-15(19-13(11)16)18-10-5-6-12(22-3)9(2)7-10;9-7-6-8-4-2-1-3-5-8/h5-8H,4H2,1-3H3,(H3,16,17,18,19);1-5,9H,6-7H2. The Morgan fingerprint density at radius 1 is 1.23 bits per heavy atom. The highest BCUT2D eigenvalue weighted by Crippen LogP contribution is 2.24. The molecule has 1 aromatic heterocycles. The number of benzene rings is 2. The number of anilines is 3. The monoisotopic (exact) mass is 440 g/mol. The first-order chi connectivity index (χ1) is 15.0. The predicted octanol–water partition coefficient (Wildman–Crippen LogP) is 4.23. The number of hydrogen-bond acceptors (Lipinski definition) is 8. The SMILES string of the molecule is CCOC(=O)c1cnc(Nc2ccc(SC)c(C)c2)nc1N.OCCc1ccccc1. The second-order valence-electron chi connectivity index (χ2n) is 6.48. The minimum Gasteiger partial charge on any atom is -0.462 e. The molecule has 0 saturated heterocycles. The maximum atomic E-state index is 11.6. The van der Waals surface area contributed by atoms with Crippen LogP contribution < -0.4 is 11.1 Å². The van der Waals surface area contributed by atoms with Gasteiger partial charge >= 0.3 is 5.97 Å². The molecule has 0 amide bonds. The van der Waals surface area contributed by atoms with Crippen molar-refractivity contribution < 1.29 is 14.6 Å². The average molecular weight is 441 g/mol. The van der Waals surface area contributed by atoms with Crippen molar-refractivity contribution in [2.45, 2.75) is 25.2 Å². The Morgan fingerprint density at radius 2 is 1.97 bits per heavy atom. The Bertz CT molecular complexity index is 984. The van der Waals surface area contributed by atoms with Crippen molar-refractivity contribution in [3.05, 3.63) is 71.4 Å². The van der Waals surface area contributed by atoms with Crippen LogP contribution in [-0.4, -0.2) is 40.5 Å². The molecule has 31 heavy (non-hydrogen) atoms. The Morgan fingerprint density at radius 3 is 2.55 bits per heavy atom. The van der Waals surface area contributed by atoms with Crippen LogP contribution in [0.3, 0.4) is 0 Å². The van der Waals surface area contributed by atoms with Gasteiger partial charge in [-0.25, -0.2) is 9.78 Å². The number of ether oxygens (including phenoxy) is 1. The van der Waals surface area contributed by atoms with Gasteiger partial charge in [-0.1, -0.05) is 30.3 Å². The van der Waals surface area contributed by atoms with E-state index in [-0.39, 0.29) is 24.6 Å². The summed E-state index contributed by atoms with van der Waals surface area (Å²) in [6.45, 7) is 4.28. The molecule has 1 heterocycles. The lowest BCUT2D eigenvalue weighted by Crippen LogP contribution is -2.11. The van der Waals surface area contributed by atoms with E-state index in [2.05, 4.69) is 15.3 Å². The highest BCUT2D eigenvalue weighted by molar-refractivity contribution is 7.98. The quantitative estimate of drug-likeness (QED) is 0.370. The highest BCUT2D eigenvalue weighted by Gasteiger charge is 2.13. The van der Waals surface area contributed by atoms with E-state index in [0.29, 0.717) is 5.95 Å². The lowest BCUT2D eigenvalue weighted by molar-refractivity contribution is 0.0527. The van der Waals surface area contributed by atoms with Crippen molar-refractivity contribution in [1.29, 1.82) is 0 Å². The van der Waals surface area contributed by atoms with Gasteiger partial charge in [0.15, 0.2) is 0 Å². The molecule has 0 aliphatic rings. The van der Waals surface area contributed by atoms with E-state index in [4.69, 9.17) is 15.6 Å². The van der Waals surface area contributed by atoms with Crippen LogP contribution in [-0.2, 0) is 11.2 Å². The van der Waals surface area contributed by atoms with Gasteiger partial charge < -0.3 is 20.9 Å². The number of aromatic nitrogens is 2. The first-order valence-electron chi connectivity index (χ1n) is 9.84. The summed E-state index contributed by atoms with van der Waals surface area (Å²) >= 11 is 1.69. The summed E-state index contributed by atoms with van der Waals surface area (Å²) in [4.78, 5) is 21.1. The molecular formula is C23H28N4O3S. The molecule has 0 atom stereocenters. The Hall–Kier alpha value is -3.10. The molecule has 4 N–H and O–H groups in total. The first kappa shape index (κ1) is 24.2. The number of nitrogens with two attached hydrogens (primary N) is 1. The number of aliphatic hydroxyl groups is 1. The summed E-state index contributed by atoms with van der Waals surface area (Å²) in [5.74, 6) is -0.0954. The van der Waals surface area contributed by atoms with Crippen molar-refractivity contribution in [2.24, 2.45) is 0 Å². The van der Waals surface area contributed by atoms with Crippen LogP contribution in [0, 0.1) is 6.92 Å². The van der Waals surface area contributed by atoms with E-state index >= 15 is 0 Å². The van der Waals surface area contributed by atoms with Crippen molar-refractivity contribution in [1.82, 2.24) is 9.97 Å². The van der Waals surface area contributed by atoms with Crippen LogP contribution in [0.15, 0.2) is 59.6 Å². The molecule has 0 saturated carbocycles. The van der Waals surface area contributed by atoms with E-state index in [1.54, 1.807) is 18.7 Å². The Balaban J connectivity index is 0.000000316. The molecule has 0 fully saturated rings. The minimum absolute atomic E-state index is 0.0911. The number of esters is 1. The van der Waals surface area contributed by atoms with E-state index in [1.165, 1.54) is 16.7 Å². The number of thioether (sulfide) groups is 1. The van der Waals surface area contributed by atoms with E-state index in [0.717, 1.165) is 17.7 Å². The number of nitrogens with one attached hydrogen (secondary N) is 1. The average Bonchev–Trinajstić information content (AvgIpc) is 2.76. The molecule has 3 rings (SSSR count). The normalized spacial score (nSPS) is 10.1. The topological polar surface area (TPSA) is 110 Å². The van der Waals surface area contributed by atoms with Gasteiger partial charge in [0.2, 0.25) is 5.95 Å².